The van der Waals surface area contributed by atoms with Crippen molar-refractivity contribution in [2.75, 3.05) is 0 Å². The van der Waals surface area contributed by atoms with Gasteiger partial charge in [0, 0.05) is 10.9 Å². The van der Waals surface area contributed by atoms with Crippen molar-refractivity contribution in [3.05, 3.63) is 39.2 Å². The summed E-state index contributed by atoms with van der Waals surface area (Å²) in [5.74, 6) is -0.930. The maximum Gasteiger partial charge on any atom is 0.337 e. The summed E-state index contributed by atoms with van der Waals surface area (Å²) in [6.45, 7) is 2.00. The molecule has 94 valence electrons. The van der Waals surface area contributed by atoms with Crippen LogP contribution in [0.25, 0.3) is 11.3 Å². The van der Waals surface area contributed by atoms with Crippen LogP contribution in [0, 0.1) is 0 Å². The minimum absolute atomic E-state index is 0.280. The molecule has 3 nitrogen and oxygen atoms in total. The fourth-order valence-electron chi connectivity index (χ4n) is 1.73. The number of nitrogens with zero attached hydrogens (tertiary/aromatic N) is 1. The summed E-state index contributed by atoms with van der Waals surface area (Å²) >= 11 is 7.33. The zero-order valence-corrected chi connectivity index (χ0v) is 11.4. The van der Waals surface area contributed by atoms with Gasteiger partial charge in [0.1, 0.15) is 0 Å². The van der Waals surface area contributed by atoms with Gasteiger partial charge in [-0.05, 0) is 24.6 Å². The van der Waals surface area contributed by atoms with Crippen LogP contribution in [0.5, 0.6) is 0 Å². The van der Waals surface area contributed by atoms with Crippen LogP contribution < -0.4 is 0 Å². The average molecular weight is 282 g/mol. The number of carboxylic acids is 1. The summed E-state index contributed by atoms with van der Waals surface area (Å²) < 4.78 is 0.700. The van der Waals surface area contributed by atoms with Crippen LogP contribution in [0.2, 0.25) is 4.34 Å². The molecule has 0 saturated carbocycles. The standard InChI is InChI=1S/C13H12ClNO2S/c1-2-3-11-9(13(16)17)4-5-10(15-11)8-6-12(14)18-7-8/h4-7H,2-3H2,1H3,(H,16,17). The van der Waals surface area contributed by atoms with Gasteiger partial charge in [0.15, 0.2) is 0 Å². The zero-order chi connectivity index (χ0) is 13.1. The van der Waals surface area contributed by atoms with Crippen LogP contribution in [0.15, 0.2) is 23.6 Å². The molecule has 0 aromatic carbocycles. The van der Waals surface area contributed by atoms with Crippen molar-refractivity contribution in [2.45, 2.75) is 19.8 Å². The van der Waals surface area contributed by atoms with Gasteiger partial charge in [-0.1, -0.05) is 24.9 Å². The second-order valence-electron chi connectivity index (χ2n) is 3.89. The first-order chi connectivity index (χ1) is 8.61. The Morgan fingerprint density at radius 2 is 2.28 bits per heavy atom. The Morgan fingerprint density at radius 1 is 1.50 bits per heavy atom. The highest BCUT2D eigenvalue weighted by atomic mass is 35.5. The molecule has 0 fully saturated rings. The Bertz CT molecular complexity index is 580. The van der Waals surface area contributed by atoms with E-state index in [1.807, 2.05) is 18.4 Å². The largest absolute Gasteiger partial charge is 0.478 e. The minimum atomic E-state index is -0.930. The molecule has 0 atom stereocenters. The third kappa shape index (κ3) is 2.71. The first-order valence-corrected chi connectivity index (χ1v) is 6.85. The van der Waals surface area contributed by atoms with Crippen molar-refractivity contribution in [1.82, 2.24) is 4.98 Å². The van der Waals surface area contributed by atoms with Gasteiger partial charge < -0.3 is 5.11 Å². The smallest absolute Gasteiger partial charge is 0.337 e. The molecular formula is C13H12ClNO2S. The maximum atomic E-state index is 11.1. The fourth-order valence-corrected chi connectivity index (χ4v) is 2.60. The summed E-state index contributed by atoms with van der Waals surface area (Å²) in [5, 5.41) is 11.0. The lowest BCUT2D eigenvalue weighted by molar-refractivity contribution is 0.0695. The van der Waals surface area contributed by atoms with E-state index in [1.165, 1.54) is 11.3 Å². The van der Waals surface area contributed by atoms with Crippen molar-refractivity contribution in [3.8, 4) is 11.3 Å². The van der Waals surface area contributed by atoms with E-state index in [0.29, 0.717) is 16.5 Å². The van der Waals surface area contributed by atoms with E-state index in [-0.39, 0.29) is 5.56 Å². The van der Waals surface area contributed by atoms with Gasteiger partial charge in [0.2, 0.25) is 0 Å². The van der Waals surface area contributed by atoms with Crippen LogP contribution in [0.3, 0.4) is 0 Å². The molecule has 2 aromatic rings. The Kier molecular flexibility index (Phi) is 3.99. The van der Waals surface area contributed by atoms with Crippen LogP contribution in [-0.2, 0) is 6.42 Å². The predicted octanol–water partition coefficient (Wildman–Crippen LogP) is 4.11. The molecule has 2 heterocycles. The minimum Gasteiger partial charge on any atom is -0.478 e. The van der Waals surface area contributed by atoms with Gasteiger partial charge in [0.05, 0.1) is 21.3 Å². The predicted molar refractivity (Wildman–Crippen MR) is 73.5 cm³/mol. The number of halogens is 1. The number of thiophene rings is 1. The van der Waals surface area contributed by atoms with E-state index < -0.39 is 5.97 Å². The van der Waals surface area contributed by atoms with Gasteiger partial charge >= 0.3 is 5.97 Å². The van der Waals surface area contributed by atoms with Crippen LogP contribution in [-0.4, -0.2) is 16.1 Å². The molecular weight excluding hydrogens is 270 g/mol. The Morgan fingerprint density at radius 3 is 2.83 bits per heavy atom. The van der Waals surface area contributed by atoms with Crippen LogP contribution in [0.4, 0.5) is 0 Å². The van der Waals surface area contributed by atoms with E-state index in [1.54, 1.807) is 12.1 Å². The normalized spacial score (nSPS) is 10.6. The number of aromatic nitrogens is 1. The van der Waals surface area contributed by atoms with Crippen molar-refractivity contribution in [2.24, 2.45) is 0 Å². The van der Waals surface area contributed by atoms with Crippen LogP contribution in [0.1, 0.15) is 29.4 Å². The second kappa shape index (κ2) is 5.50. The summed E-state index contributed by atoms with van der Waals surface area (Å²) in [6, 6.07) is 5.17. The van der Waals surface area contributed by atoms with Gasteiger partial charge in [-0.2, -0.15) is 0 Å². The molecule has 0 spiro atoms. The third-order valence-electron chi connectivity index (χ3n) is 2.55. The molecule has 0 aliphatic heterocycles. The lowest BCUT2D eigenvalue weighted by Gasteiger charge is -2.06. The van der Waals surface area contributed by atoms with Crippen molar-refractivity contribution in [1.29, 1.82) is 0 Å². The van der Waals surface area contributed by atoms with Crippen molar-refractivity contribution < 1.29 is 9.90 Å². The molecule has 2 rings (SSSR count). The summed E-state index contributed by atoms with van der Waals surface area (Å²) in [6.07, 6.45) is 1.52. The highest BCUT2D eigenvalue weighted by Gasteiger charge is 2.13. The number of hydrogen-bond acceptors (Lipinski definition) is 3. The van der Waals surface area contributed by atoms with Crippen molar-refractivity contribution in [3.63, 3.8) is 0 Å². The first kappa shape index (κ1) is 13.1. The quantitative estimate of drug-likeness (QED) is 0.917. The summed E-state index contributed by atoms with van der Waals surface area (Å²) in [4.78, 5) is 15.5. The van der Waals surface area contributed by atoms with E-state index in [2.05, 4.69) is 4.98 Å². The Hall–Kier alpha value is -1.39. The number of rotatable bonds is 4. The highest BCUT2D eigenvalue weighted by molar-refractivity contribution is 7.14. The topological polar surface area (TPSA) is 50.2 Å². The third-order valence-corrected chi connectivity index (χ3v) is 3.65. The SMILES string of the molecule is CCCc1nc(-c2csc(Cl)c2)ccc1C(=O)O. The van der Waals surface area contributed by atoms with Gasteiger partial charge in [0.25, 0.3) is 0 Å². The first-order valence-electron chi connectivity index (χ1n) is 5.59. The van der Waals surface area contributed by atoms with Crippen molar-refractivity contribution >= 4 is 28.9 Å². The number of hydrogen-bond donors (Lipinski definition) is 1. The average Bonchev–Trinajstić information content (AvgIpc) is 2.76. The summed E-state index contributed by atoms with van der Waals surface area (Å²) in [7, 11) is 0. The van der Waals surface area contributed by atoms with E-state index in [0.717, 1.165) is 17.7 Å². The molecule has 2 aromatic heterocycles. The fraction of sp³-hybridized carbons (Fsp3) is 0.231. The molecule has 1 N–H and O–H groups in total. The number of aromatic carboxylic acids is 1. The molecule has 0 aliphatic carbocycles. The molecule has 0 unspecified atom stereocenters. The molecule has 18 heavy (non-hydrogen) atoms. The number of pyridine rings is 1. The summed E-state index contributed by atoms with van der Waals surface area (Å²) in [5.41, 5.74) is 2.61. The number of carboxylic acid groups (broad SMARTS) is 1. The number of carbonyl (C=O) groups is 1. The van der Waals surface area contributed by atoms with E-state index in [9.17, 15) is 4.79 Å². The lowest BCUT2D eigenvalue weighted by atomic mass is 10.1. The maximum absolute atomic E-state index is 11.1. The molecule has 0 radical (unpaired) electrons. The Labute approximate surface area is 114 Å². The highest BCUT2D eigenvalue weighted by Crippen LogP contribution is 2.28. The van der Waals surface area contributed by atoms with E-state index >= 15 is 0 Å². The number of aryl methyl sites for hydroxylation is 1. The monoisotopic (exact) mass is 281 g/mol. The molecule has 5 heteroatoms. The zero-order valence-electron chi connectivity index (χ0n) is 9.81. The van der Waals surface area contributed by atoms with Crippen LogP contribution >= 0.6 is 22.9 Å². The lowest BCUT2D eigenvalue weighted by Crippen LogP contribution is -2.05. The van der Waals surface area contributed by atoms with Gasteiger partial charge in [-0.15, -0.1) is 11.3 Å². The van der Waals surface area contributed by atoms with E-state index in [4.69, 9.17) is 16.7 Å². The van der Waals surface area contributed by atoms with Gasteiger partial charge in [-0.3, -0.25) is 4.98 Å². The van der Waals surface area contributed by atoms with Gasteiger partial charge in [-0.25, -0.2) is 4.79 Å². The molecule has 0 amide bonds. The second-order valence-corrected chi connectivity index (χ2v) is 5.43. The molecule has 0 aliphatic rings. The Balaban J connectivity index is 2.45. The molecule has 0 bridgehead atoms. The molecule has 0 saturated heterocycles.